The molecule has 1 amide bonds. The number of nitrogens with one attached hydrogen (secondary N) is 1. The minimum Gasteiger partial charge on any atom is -0.409 e. The summed E-state index contributed by atoms with van der Waals surface area (Å²) < 4.78 is 26.2. The fourth-order valence-electron chi connectivity index (χ4n) is 1.71. The second-order valence-electron chi connectivity index (χ2n) is 4.73. The van der Waals surface area contributed by atoms with Crippen LogP contribution in [0.2, 0.25) is 0 Å². The van der Waals surface area contributed by atoms with Crippen LogP contribution >= 0.6 is 0 Å². The van der Waals surface area contributed by atoms with Crippen molar-refractivity contribution in [2.75, 3.05) is 0 Å². The van der Waals surface area contributed by atoms with Crippen molar-refractivity contribution in [2.45, 2.75) is 26.3 Å². The van der Waals surface area contributed by atoms with Gasteiger partial charge in [0.2, 0.25) is 5.91 Å². The standard InChI is InChI=1S/C13H17F2N3O2/c1-7(2)12(13(16)18-20)17-11(19)5-8-3-4-9(14)6-10(8)15/h3-4,6-7,12,20H,5H2,1-2H3,(H2,16,18)(H,17,19). The molecule has 0 spiro atoms. The topological polar surface area (TPSA) is 87.7 Å². The maximum Gasteiger partial charge on any atom is 0.225 e. The fourth-order valence-corrected chi connectivity index (χ4v) is 1.71. The summed E-state index contributed by atoms with van der Waals surface area (Å²) in [5.74, 6) is -2.23. The zero-order chi connectivity index (χ0) is 15.3. The zero-order valence-corrected chi connectivity index (χ0v) is 11.2. The molecular weight excluding hydrogens is 268 g/mol. The zero-order valence-electron chi connectivity index (χ0n) is 11.2. The molecule has 1 aromatic carbocycles. The Balaban J connectivity index is 2.76. The van der Waals surface area contributed by atoms with Crippen LogP contribution in [0.5, 0.6) is 0 Å². The Morgan fingerprint density at radius 2 is 2.10 bits per heavy atom. The number of hydrogen-bond donors (Lipinski definition) is 3. The molecular formula is C13H17F2N3O2. The van der Waals surface area contributed by atoms with E-state index in [4.69, 9.17) is 10.9 Å². The number of carbonyl (C=O) groups is 1. The summed E-state index contributed by atoms with van der Waals surface area (Å²) >= 11 is 0. The van der Waals surface area contributed by atoms with Crippen LogP contribution in [0.1, 0.15) is 19.4 Å². The number of nitrogens with zero attached hydrogens (tertiary/aromatic N) is 1. The molecule has 1 atom stereocenters. The van der Waals surface area contributed by atoms with Crippen molar-refractivity contribution >= 4 is 11.7 Å². The second-order valence-corrected chi connectivity index (χ2v) is 4.73. The lowest BCUT2D eigenvalue weighted by molar-refractivity contribution is -0.121. The molecule has 0 saturated heterocycles. The molecule has 0 saturated carbocycles. The first kappa shape index (κ1) is 15.9. The molecule has 0 aliphatic carbocycles. The molecule has 0 radical (unpaired) electrons. The van der Waals surface area contributed by atoms with E-state index >= 15 is 0 Å². The average molecular weight is 285 g/mol. The number of oxime groups is 1. The van der Waals surface area contributed by atoms with Crippen LogP contribution in [-0.2, 0) is 11.2 Å². The van der Waals surface area contributed by atoms with E-state index in [9.17, 15) is 13.6 Å². The third-order valence-corrected chi connectivity index (χ3v) is 2.78. The summed E-state index contributed by atoms with van der Waals surface area (Å²) in [5, 5.41) is 14.0. The molecule has 0 bridgehead atoms. The van der Waals surface area contributed by atoms with Crippen LogP contribution in [0.25, 0.3) is 0 Å². The largest absolute Gasteiger partial charge is 0.409 e. The van der Waals surface area contributed by atoms with E-state index < -0.39 is 23.6 Å². The molecule has 0 aliphatic rings. The van der Waals surface area contributed by atoms with Crippen LogP contribution in [0, 0.1) is 17.6 Å². The quantitative estimate of drug-likeness (QED) is 0.331. The molecule has 4 N–H and O–H groups in total. The van der Waals surface area contributed by atoms with Crippen molar-refractivity contribution in [1.82, 2.24) is 5.32 Å². The number of carbonyl (C=O) groups excluding carboxylic acids is 1. The summed E-state index contributed by atoms with van der Waals surface area (Å²) in [6.45, 7) is 3.56. The van der Waals surface area contributed by atoms with E-state index in [0.717, 1.165) is 6.07 Å². The van der Waals surface area contributed by atoms with Crippen molar-refractivity contribution in [3.8, 4) is 0 Å². The van der Waals surface area contributed by atoms with Crippen LogP contribution in [0.4, 0.5) is 8.78 Å². The van der Waals surface area contributed by atoms with Crippen LogP contribution in [0.3, 0.4) is 0 Å². The first-order valence-electron chi connectivity index (χ1n) is 6.05. The smallest absolute Gasteiger partial charge is 0.225 e. The van der Waals surface area contributed by atoms with E-state index in [-0.39, 0.29) is 23.7 Å². The molecule has 1 unspecified atom stereocenters. The highest BCUT2D eigenvalue weighted by molar-refractivity contribution is 5.90. The molecule has 0 aliphatic heterocycles. The van der Waals surface area contributed by atoms with Gasteiger partial charge >= 0.3 is 0 Å². The fraction of sp³-hybridized carbons (Fsp3) is 0.385. The minimum absolute atomic E-state index is 0.0749. The van der Waals surface area contributed by atoms with Gasteiger partial charge in [-0.25, -0.2) is 8.78 Å². The first-order valence-corrected chi connectivity index (χ1v) is 6.05. The number of halogens is 2. The van der Waals surface area contributed by atoms with E-state index in [1.165, 1.54) is 6.07 Å². The normalized spacial score (nSPS) is 13.3. The third kappa shape index (κ3) is 4.18. The van der Waals surface area contributed by atoms with Crippen molar-refractivity contribution in [3.05, 3.63) is 35.4 Å². The van der Waals surface area contributed by atoms with Crippen LogP contribution < -0.4 is 11.1 Å². The predicted molar refractivity (Wildman–Crippen MR) is 70.2 cm³/mol. The Hall–Kier alpha value is -2.18. The van der Waals surface area contributed by atoms with E-state index in [2.05, 4.69) is 10.5 Å². The molecule has 5 nitrogen and oxygen atoms in total. The monoisotopic (exact) mass is 285 g/mol. The highest BCUT2D eigenvalue weighted by Crippen LogP contribution is 2.10. The van der Waals surface area contributed by atoms with Gasteiger partial charge in [0.05, 0.1) is 12.5 Å². The van der Waals surface area contributed by atoms with Crippen LogP contribution in [0.15, 0.2) is 23.4 Å². The van der Waals surface area contributed by atoms with Gasteiger partial charge in [-0.05, 0) is 17.5 Å². The minimum atomic E-state index is -0.787. The van der Waals surface area contributed by atoms with Crippen LogP contribution in [-0.4, -0.2) is 23.0 Å². The van der Waals surface area contributed by atoms with Gasteiger partial charge in [-0.1, -0.05) is 25.1 Å². The lowest BCUT2D eigenvalue weighted by atomic mass is 10.0. The van der Waals surface area contributed by atoms with Gasteiger partial charge in [0.25, 0.3) is 0 Å². The number of benzene rings is 1. The number of amidine groups is 1. The Morgan fingerprint density at radius 3 is 2.60 bits per heavy atom. The van der Waals surface area contributed by atoms with Crippen molar-refractivity contribution < 1.29 is 18.8 Å². The molecule has 0 aromatic heterocycles. The molecule has 20 heavy (non-hydrogen) atoms. The summed E-state index contributed by atoms with van der Waals surface area (Å²) in [6, 6.07) is 2.34. The van der Waals surface area contributed by atoms with E-state index in [1.807, 2.05) is 0 Å². The van der Waals surface area contributed by atoms with Gasteiger partial charge in [-0.2, -0.15) is 0 Å². The Labute approximate surface area is 115 Å². The summed E-state index contributed by atoms with van der Waals surface area (Å²) in [7, 11) is 0. The van der Waals surface area contributed by atoms with Crippen molar-refractivity contribution in [3.63, 3.8) is 0 Å². The lowest BCUT2D eigenvalue weighted by Gasteiger charge is -2.20. The van der Waals surface area contributed by atoms with Gasteiger partial charge in [0.1, 0.15) is 11.6 Å². The molecule has 7 heteroatoms. The van der Waals surface area contributed by atoms with Gasteiger partial charge < -0.3 is 16.3 Å². The maximum absolute atomic E-state index is 13.4. The first-order chi connectivity index (χ1) is 9.35. The SMILES string of the molecule is CC(C)C(NC(=O)Cc1ccc(F)cc1F)/C(N)=N/O. The average Bonchev–Trinajstić information content (AvgIpc) is 2.38. The predicted octanol–water partition coefficient (Wildman–Crippen LogP) is 1.39. The van der Waals surface area contributed by atoms with Gasteiger partial charge in [-0.15, -0.1) is 0 Å². The Kier molecular flexibility index (Phi) is 5.42. The van der Waals surface area contributed by atoms with E-state index in [0.29, 0.717) is 6.07 Å². The number of nitrogens with two attached hydrogens (primary N) is 1. The molecule has 1 aromatic rings. The third-order valence-electron chi connectivity index (χ3n) is 2.78. The number of amides is 1. The molecule has 0 heterocycles. The van der Waals surface area contributed by atoms with Crippen molar-refractivity contribution in [2.24, 2.45) is 16.8 Å². The Morgan fingerprint density at radius 1 is 1.45 bits per heavy atom. The summed E-state index contributed by atoms with van der Waals surface area (Å²) in [5.41, 5.74) is 5.55. The van der Waals surface area contributed by atoms with Crippen molar-refractivity contribution in [1.29, 1.82) is 0 Å². The Bertz CT molecular complexity index is 518. The number of rotatable bonds is 5. The second kappa shape index (κ2) is 6.83. The maximum atomic E-state index is 13.4. The lowest BCUT2D eigenvalue weighted by Crippen LogP contribution is -2.48. The van der Waals surface area contributed by atoms with Gasteiger partial charge in [-0.3, -0.25) is 4.79 Å². The highest BCUT2D eigenvalue weighted by Gasteiger charge is 2.21. The number of hydrogen-bond acceptors (Lipinski definition) is 3. The van der Waals surface area contributed by atoms with Gasteiger partial charge in [0.15, 0.2) is 5.84 Å². The van der Waals surface area contributed by atoms with Gasteiger partial charge in [0, 0.05) is 6.07 Å². The summed E-state index contributed by atoms with van der Waals surface area (Å²) in [6.07, 6.45) is -0.256. The molecule has 110 valence electrons. The molecule has 0 fully saturated rings. The molecule has 1 rings (SSSR count). The highest BCUT2D eigenvalue weighted by atomic mass is 19.1. The van der Waals surface area contributed by atoms with E-state index in [1.54, 1.807) is 13.8 Å². The summed E-state index contributed by atoms with van der Waals surface area (Å²) in [4.78, 5) is 11.8.